The molecule has 2 aromatic heterocycles. The Hall–Kier alpha value is -2.99. The highest BCUT2D eigenvalue weighted by Gasteiger charge is 2.21. The van der Waals surface area contributed by atoms with Gasteiger partial charge in [0.1, 0.15) is 16.5 Å². The number of aryl methyl sites for hydroxylation is 4. The zero-order chi connectivity index (χ0) is 21.4. The third-order valence-electron chi connectivity index (χ3n) is 3.88. The molecule has 12 heteroatoms. The number of hydrogen-bond donors (Lipinski definition) is 2. The van der Waals surface area contributed by atoms with Crippen LogP contribution in [0.25, 0.3) is 0 Å². The maximum atomic E-state index is 12.6. The number of anilines is 2. The Balaban J connectivity index is 1.81. The summed E-state index contributed by atoms with van der Waals surface area (Å²) in [5.41, 5.74) is 1.21. The van der Waals surface area contributed by atoms with Gasteiger partial charge in [-0.1, -0.05) is 0 Å². The molecule has 0 spiro atoms. The Bertz CT molecular complexity index is 1250. The zero-order valence-electron chi connectivity index (χ0n) is 16.2. The van der Waals surface area contributed by atoms with Crippen LogP contribution in [0.15, 0.2) is 46.3 Å². The summed E-state index contributed by atoms with van der Waals surface area (Å²) in [6.07, 6.45) is 1.39. The SMILES string of the molecule is Cc1cc(NS(=O)(=O)c2ccc(NS(=O)(=O)c3cn(C)nc3C)cc2)nc(C)n1. The summed E-state index contributed by atoms with van der Waals surface area (Å²) >= 11 is 0. The van der Waals surface area contributed by atoms with Crippen LogP contribution in [0.1, 0.15) is 17.2 Å². The van der Waals surface area contributed by atoms with E-state index in [4.69, 9.17) is 0 Å². The molecule has 0 unspecified atom stereocenters. The van der Waals surface area contributed by atoms with Crippen molar-refractivity contribution in [2.45, 2.75) is 30.6 Å². The Morgan fingerprint density at radius 2 is 1.55 bits per heavy atom. The zero-order valence-corrected chi connectivity index (χ0v) is 17.8. The first-order valence-electron chi connectivity index (χ1n) is 8.44. The molecule has 0 radical (unpaired) electrons. The molecule has 29 heavy (non-hydrogen) atoms. The summed E-state index contributed by atoms with van der Waals surface area (Å²) in [5.74, 6) is 0.602. The molecule has 0 aliphatic rings. The number of sulfonamides is 2. The van der Waals surface area contributed by atoms with Crippen LogP contribution in [-0.2, 0) is 27.1 Å². The van der Waals surface area contributed by atoms with E-state index in [2.05, 4.69) is 24.5 Å². The van der Waals surface area contributed by atoms with Gasteiger partial charge < -0.3 is 0 Å². The van der Waals surface area contributed by atoms with Crippen molar-refractivity contribution in [3.8, 4) is 0 Å². The van der Waals surface area contributed by atoms with Crippen molar-refractivity contribution in [3.05, 3.63) is 53.7 Å². The average Bonchev–Trinajstić information content (AvgIpc) is 2.93. The molecule has 0 aliphatic heterocycles. The minimum absolute atomic E-state index is 0.0353. The molecular formula is C17H20N6O4S2. The van der Waals surface area contributed by atoms with Gasteiger partial charge in [-0.3, -0.25) is 14.1 Å². The van der Waals surface area contributed by atoms with Crippen molar-refractivity contribution in [3.63, 3.8) is 0 Å². The number of benzene rings is 1. The van der Waals surface area contributed by atoms with Crippen molar-refractivity contribution < 1.29 is 16.8 Å². The van der Waals surface area contributed by atoms with Crippen molar-refractivity contribution >= 4 is 31.6 Å². The van der Waals surface area contributed by atoms with Crippen LogP contribution >= 0.6 is 0 Å². The van der Waals surface area contributed by atoms with E-state index in [0.717, 1.165) is 0 Å². The maximum Gasteiger partial charge on any atom is 0.265 e. The molecule has 0 aliphatic carbocycles. The first kappa shape index (κ1) is 20.7. The molecule has 2 N–H and O–H groups in total. The van der Waals surface area contributed by atoms with Gasteiger partial charge in [-0.25, -0.2) is 26.8 Å². The fourth-order valence-corrected chi connectivity index (χ4v) is 4.99. The van der Waals surface area contributed by atoms with Crippen molar-refractivity contribution in [2.24, 2.45) is 7.05 Å². The van der Waals surface area contributed by atoms with E-state index in [1.54, 1.807) is 27.8 Å². The summed E-state index contributed by atoms with van der Waals surface area (Å²) in [6, 6.07) is 6.86. The fraction of sp³-hybridized carbons (Fsp3) is 0.235. The van der Waals surface area contributed by atoms with Gasteiger partial charge in [0.05, 0.1) is 10.6 Å². The van der Waals surface area contributed by atoms with Gasteiger partial charge in [0.2, 0.25) is 0 Å². The Labute approximate surface area is 169 Å². The van der Waals surface area contributed by atoms with Gasteiger partial charge >= 0.3 is 0 Å². The first-order valence-corrected chi connectivity index (χ1v) is 11.4. The molecule has 154 valence electrons. The minimum Gasteiger partial charge on any atom is -0.280 e. The molecule has 0 saturated carbocycles. The van der Waals surface area contributed by atoms with E-state index < -0.39 is 20.0 Å². The molecule has 0 fully saturated rings. The lowest BCUT2D eigenvalue weighted by Crippen LogP contribution is -2.16. The standard InChI is InChI=1S/C17H20N6O4S2/c1-11-9-17(19-13(3)18-11)22-28(24,25)15-7-5-14(6-8-15)21-29(26,27)16-10-23(4)20-12(16)2/h5-10,21H,1-4H3,(H,18,19,22). The highest BCUT2D eigenvalue weighted by Crippen LogP contribution is 2.21. The molecule has 2 heterocycles. The van der Waals surface area contributed by atoms with Crippen LogP contribution < -0.4 is 9.44 Å². The maximum absolute atomic E-state index is 12.6. The number of nitrogens with one attached hydrogen (secondary N) is 2. The van der Waals surface area contributed by atoms with Crippen LogP contribution in [0.2, 0.25) is 0 Å². The van der Waals surface area contributed by atoms with Crippen LogP contribution in [0, 0.1) is 20.8 Å². The largest absolute Gasteiger partial charge is 0.280 e. The van der Waals surface area contributed by atoms with E-state index >= 15 is 0 Å². The average molecular weight is 437 g/mol. The number of aromatic nitrogens is 4. The lowest BCUT2D eigenvalue weighted by Gasteiger charge is -2.10. The highest BCUT2D eigenvalue weighted by atomic mass is 32.2. The van der Waals surface area contributed by atoms with Crippen LogP contribution in [-0.4, -0.2) is 36.6 Å². The smallest absolute Gasteiger partial charge is 0.265 e. The molecule has 10 nitrogen and oxygen atoms in total. The number of hydrogen-bond acceptors (Lipinski definition) is 7. The molecular weight excluding hydrogens is 416 g/mol. The van der Waals surface area contributed by atoms with Crippen molar-refractivity contribution in [2.75, 3.05) is 9.44 Å². The van der Waals surface area contributed by atoms with Gasteiger partial charge in [0, 0.05) is 30.7 Å². The third kappa shape index (κ3) is 4.71. The molecule has 0 atom stereocenters. The first-order chi connectivity index (χ1) is 13.5. The molecule has 3 aromatic rings. The Morgan fingerprint density at radius 1 is 0.897 bits per heavy atom. The van der Waals surface area contributed by atoms with Crippen LogP contribution in [0.4, 0.5) is 11.5 Å². The molecule has 0 saturated heterocycles. The Morgan fingerprint density at radius 3 is 2.10 bits per heavy atom. The second kappa shape index (κ2) is 7.44. The molecule has 3 rings (SSSR count). The summed E-state index contributed by atoms with van der Waals surface area (Å²) < 4.78 is 56.4. The molecule has 0 bridgehead atoms. The van der Waals surface area contributed by atoms with Gasteiger partial charge in [-0.15, -0.1) is 0 Å². The Kier molecular flexibility index (Phi) is 5.32. The summed E-state index contributed by atoms with van der Waals surface area (Å²) in [7, 11) is -6.11. The quantitative estimate of drug-likeness (QED) is 0.600. The normalized spacial score (nSPS) is 12.0. The topological polar surface area (TPSA) is 136 Å². The second-order valence-electron chi connectivity index (χ2n) is 6.43. The predicted molar refractivity (Wildman–Crippen MR) is 108 cm³/mol. The molecule has 1 aromatic carbocycles. The van der Waals surface area contributed by atoms with E-state index in [1.807, 2.05) is 0 Å². The highest BCUT2D eigenvalue weighted by molar-refractivity contribution is 7.93. The van der Waals surface area contributed by atoms with Gasteiger partial charge in [-0.2, -0.15) is 5.10 Å². The van der Waals surface area contributed by atoms with Gasteiger partial charge in [0.15, 0.2) is 0 Å². The summed E-state index contributed by atoms with van der Waals surface area (Å²) in [5, 5.41) is 4.02. The van der Waals surface area contributed by atoms with Crippen molar-refractivity contribution in [1.82, 2.24) is 19.7 Å². The van der Waals surface area contributed by atoms with E-state index in [0.29, 0.717) is 17.2 Å². The summed E-state index contributed by atoms with van der Waals surface area (Å²) in [6.45, 7) is 4.99. The van der Waals surface area contributed by atoms with Crippen LogP contribution in [0.5, 0.6) is 0 Å². The monoisotopic (exact) mass is 436 g/mol. The van der Waals surface area contributed by atoms with E-state index in [1.165, 1.54) is 41.2 Å². The third-order valence-corrected chi connectivity index (χ3v) is 6.73. The van der Waals surface area contributed by atoms with E-state index in [9.17, 15) is 16.8 Å². The predicted octanol–water partition coefficient (Wildman–Crippen LogP) is 1.74. The second-order valence-corrected chi connectivity index (χ2v) is 9.76. The lowest BCUT2D eigenvalue weighted by atomic mass is 10.3. The number of rotatable bonds is 6. The van der Waals surface area contributed by atoms with E-state index in [-0.39, 0.29) is 21.3 Å². The molecule has 0 amide bonds. The van der Waals surface area contributed by atoms with Crippen LogP contribution in [0.3, 0.4) is 0 Å². The van der Waals surface area contributed by atoms with Gasteiger partial charge in [0.25, 0.3) is 20.0 Å². The van der Waals surface area contributed by atoms with Crippen molar-refractivity contribution in [1.29, 1.82) is 0 Å². The van der Waals surface area contributed by atoms with Gasteiger partial charge in [-0.05, 0) is 45.0 Å². The lowest BCUT2D eigenvalue weighted by molar-refractivity contribution is 0.599. The minimum atomic E-state index is -3.89. The fourth-order valence-electron chi connectivity index (χ4n) is 2.72. The number of nitrogens with zero attached hydrogens (tertiary/aromatic N) is 4. The summed E-state index contributed by atoms with van der Waals surface area (Å²) in [4.78, 5) is 8.17.